The Labute approximate surface area is 150 Å². The molecular formula is C18H17Cl2FN2O. The van der Waals surface area contributed by atoms with Gasteiger partial charge in [-0.3, -0.25) is 4.79 Å². The first kappa shape index (κ1) is 17.1. The Morgan fingerprint density at radius 1 is 1.25 bits per heavy atom. The van der Waals surface area contributed by atoms with Gasteiger partial charge in [0.25, 0.3) is 0 Å². The van der Waals surface area contributed by atoms with E-state index in [1.54, 1.807) is 11.0 Å². The molecule has 126 valence electrons. The summed E-state index contributed by atoms with van der Waals surface area (Å²) < 4.78 is 13.1. The van der Waals surface area contributed by atoms with Crippen LogP contribution in [0.25, 0.3) is 0 Å². The maximum absolute atomic E-state index is 13.1. The highest BCUT2D eigenvalue weighted by atomic mass is 35.5. The van der Waals surface area contributed by atoms with Crippen LogP contribution in [0.5, 0.6) is 0 Å². The minimum absolute atomic E-state index is 0.0114. The molecular weight excluding hydrogens is 350 g/mol. The largest absolute Gasteiger partial charge is 0.381 e. The van der Waals surface area contributed by atoms with Crippen LogP contribution in [0.2, 0.25) is 5.02 Å². The van der Waals surface area contributed by atoms with E-state index in [0.29, 0.717) is 18.1 Å². The molecule has 0 saturated carbocycles. The molecule has 0 saturated heterocycles. The number of fused-ring (bicyclic) bond motifs is 1. The van der Waals surface area contributed by atoms with Crippen LogP contribution >= 0.6 is 23.2 Å². The Morgan fingerprint density at radius 2 is 2.08 bits per heavy atom. The van der Waals surface area contributed by atoms with Crippen LogP contribution in [0.4, 0.5) is 15.8 Å². The van der Waals surface area contributed by atoms with Crippen LogP contribution in [-0.4, -0.2) is 18.3 Å². The standard InChI is InChI=1S/C18H17Cl2FN2O/c19-10-18(24)23-7-1-2-12-8-15(5-6-17(12)23)22-11-13-3-4-14(21)9-16(13)20/h3-6,8-9,22H,1-2,7,10-11H2. The summed E-state index contributed by atoms with van der Waals surface area (Å²) in [6.45, 7) is 1.21. The Morgan fingerprint density at radius 3 is 2.83 bits per heavy atom. The lowest BCUT2D eigenvalue weighted by molar-refractivity contribution is -0.116. The number of aryl methyl sites for hydroxylation is 1. The number of benzene rings is 2. The molecule has 0 radical (unpaired) electrons. The summed E-state index contributed by atoms with van der Waals surface area (Å²) in [5, 5.41) is 3.70. The molecule has 2 aromatic carbocycles. The first-order valence-electron chi connectivity index (χ1n) is 7.75. The van der Waals surface area contributed by atoms with Gasteiger partial charge in [0.05, 0.1) is 0 Å². The number of hydrogen-bond donors (Lipinski definition) is 1. The first-order chi connectivity index (χ1) is 11.6. The SMILES string of the molecule is O=C(CCl)N1CCCc2cc(NCc3ccc(F)cc3Cl)ccc21. The van der Waals surface area contributed by atoms with E-state index in [1.165, 1.54) is 12.1 Å². The highest BCUT2D eigenvalue weighted by Crippen LogP contribution is 2.30. The van der Waals surface area contributed by atoms with Gasteiger partial charge in [-0.15, -0.1) is 11.6 Å². The molecule has 0 spiro atoms. The van der Waals surface area contributed by atoms with Crippen molar-refractivity contribution in [3.63, 3.8) is 0 Å². The molecule has 0 unspecified atom stereocenters. The second-order valence-electron chi connectivity index (χ2n) is 5.72. The normalized spacial score (nSPS) is 13.5. The van der Waals surface area contributed by atoms with Crippen LogP contribution in [0.3, 0.4) is 0 Å². The Hall–Kier alpha value is -1.78. The quantitative estimate of drug-likeness (QED) is 0.801. The van der Waals surface area contributed by atoms with Gasteiger partial charge in [0.2, 0.25) is 5.91 Å². The Balaban J connectivity index is 1.75. The molecule has 0 fully saturated rings. The van der Waals surface area contributed by atoms with Crippen LogP contribution in [0.15, 0.2) is 36.4 Å². The van der Waals surface area contributed by atoms with Gasteiger partial charge in [0.15, 0.2) is 0 Å². The van der Waals surface area contributed by atoms with E-state index in [4.69, 9.17) is 23.2 Å². The monoisotopic (exact) mass is 366 g/mol. The van der Waals surface area contributed by atoms with Crippen LogP contribution in [-0.2, 0) is 17.8 Å². The van der Waals surface area contributed by atoms with E-state index < -0.39 is 0 Å². The predicted octanol–water partition coefficient (Wildman–Crippen LogP) is 4.61. The topological polar surface area (TPSA) is 32.3 Å². The Bertz CT molecular complexity index is 767. The van der Waals surface area contributed by atoms with Gasteiger partial charge in [-0.25, -0.2) is 4.39 Å². The molecule has 0 atom stereocenters. The number of rotatable bonds is 4. The first-order valence-corrected chi connectivity index (χ1v) is 8.67. The molecule has 6 heteroatoms. The molecule has 1 amide bonds. The maximum Gasteiger partial charge on any atom is 0.241 e. The third-order valence-electron chi connectivity index (χ3n) is 4.11. The van der Waals surface area contributed by atoms with Crippen LogP contribution in [0.1, 0.15) is 17.5 Å². The fraction of sp³-hybridized carbons (Fsp3) is 0.278. The minimum Gasteiger partial charge on any atom is -0.381 e. The molecule has 0 aromatic heterocycles. The van der Waals surface area contributed by atoms with E-state index in [1.807, 2.05) is 18.2 Å². The third kappa shape index (κ3) is 3.65. The summed E-state index contributed by atoms with van der Waals surface area (Å²) in [5.41, 5.74) is 3.82. The molecule has 2 aromatic rings. The molecule has 1 N–H and O–H groups in total. The van der Waals surface area contributed by atoms with E-state index in [9.17, 15) is 9.18 Å². The van der Waals surface area contributed by atoms with Gasteiger partial charge >= 0.3 is 0 Å². The number of carbonyl (C=O) groups is 1. The van der Waals surface area contributed by atoms with Gasteiger partial charge in [-0.1, -0.05) is 17.7 Å². The van der Waals surface area contributed by atoms with Gasteiger partial charge in [-0.05, 0) is 54.3 Å². The van der Waals surface area contributed by atoms with Gasteiger partial charge in [0.1, 0.15) is 11.7 Å². The summed E-state index contributed by atoms with van der Waals surface area (Å²) >= 11 is 11.7. The number of hydrogen-bond acceptors (Lipinski definition) is 2. The molecule has 3 rings (SSSR count). The molecule has 1 aliphatic heterocycles. The molecule has 1 aliphatic rings. The second kappa shape index (κ2) is 7.41. The summed E-state index contributed by atoms with van der Waals surface area (Å²) in [6.07, 6.45) is 1.84. The van der Waals surface area contributed by atoms with Crippen molar-refractivity contribution in [1.29, 1.82) is 0 Å². The Kier molecular flexibility index (Phi) is 5.27. The number of alkyl halides is 1. The molecule has 0 bridgehead atoms. The number of anilines is 2. The van der Waals surface area contributed by atoms with Crippen molar-refractivity contribution in [3.8, 4) is 0 Å². The van der Waals surface area contributed by atoms with E-state index in [0.717, 1.165) is 35.3 Å². The fourth-order valence-electron chi connectivity index (χ4n) is 2.90. The second-order valence-corrected chi connectivity index (χ2v) is 6.39. The van der Waals surface area contributed by atoms with Crippen LogP contribution < -0.4 is 10.2 Å². The van der Waals surface area contributed by atoms with Crippen molar-refractivity contribution in [1.82, 2.24) is 0 Å². The average Bonchev–Trinajstić information content (AvgIpc) is 2.59. The van der Waals surface area contributed by atoms with Crippen molar-refractivity contribution in [2.45, 2.75) is 19.4 Å². The van der Waals surface area contributed by atoms with E-state index in [2.05, 4.69) is 5.32 Å². The van der Waals surface area contributed by atoms with Crippen molar-refractivity contribution < 1.29 is 9.18 Å². The average molecular weight is 367 g/mol. The van der Waals surface area contributed by atoms with Gasteiger partial charge in [0, 0.05) is 29.5 Å². The lowest BCUT2D eigenvalue weighted by atomic mass is 10.0. The van der Waals surface area contributed by atoms with Gasteiger partial charge in [-0.2, -0.15) is 0 Å². The highest BCUT2D eigenvalue weighted by molar-refractivity contribution is 6.31. The van der Waals surface area contributed by atoms with Gasteiger partial charge < -0.3 is 10.2 Å². The zero-order chi connectivity index (χ0) is 17.1. The number of nitrogens with one attached hydrogen (secondary N) is 1. The molecule has 1 heterocycles. The summed E-state index contributed by atoms with van der Waals surface area (Å²) in [7, 11) is 0. The molecule has 3 nitrogen and oxygen atoms in total. The number of nitrogens with zero attached hydrogens (tertiary/aromatic N) is 1. The number of carbonyl (C=O) groups excluding carboxylic acids is 1. The molecule has 0 aliphatic carbocycles. The zero-order valence-electron chi connectivity index (χ0n) is 13.0. The fourth-order valence-corrected chi connectivity index (χ4v) is 3.28. The summed E-state index contributed by atoms with van der Waals surface area (Å²) in [6, 6.07) is 10.3. The minimum atomic E-state index is -0.346. The summed E-state index contributed by atoms with van der Waals surface area (Å²) in [4.78, 5) is 13.7. The lowest BCUT2D eigenvalue weighted by Gasteiger charge is -2.29. The third-order valence-corrected chi connectivity index (χ3v) is 4.69. The smallest absolute Gasteiger partial charge is 0.241 e. The zero-order valence-corrected chi connectivity index (χ0v) is 14.5. The summed E-state index contributed by atoms with van der Waals surface area (Å²) in [5.74, 6) is -0.430. The van der Waals surface area contributed by atoms with Crippen molar-refractivity contribution in [2.24, 2.45) is 0 Å². The van der Waals surface area contributed by atoms with Crippen molar-refractivity contribution in [3.05, 3.63) is 58.4 Å². The lowest BCUT2D eigenvalue weighted by Crippen LogP contribution is -2.36. The van der Waals surface area contributed by atoms with Crippen molar-refractivity contribution in [2.75, 3.05) is 22.6 Å². The van der Waals surface area contributed by atoms with Crippen molar-refractivity contribution >= 4 is 40.5 Å². The van der Waals surface area contributed by atoms with E-state index >= 15 is 0 Å². The number of halogens is 3. The van der Waals surface area contributed by atoms with Crippen LogP contribution in [0, 0.1) is 5.82 Å². The highest BCUT2D eigenvalue weighted by Gasteiger charge is 2.21. The maximum atomic E-state index is 13.1. The number of amides is 1. The van der Waals surface area contributed by atoms with E-state index in [-0.39, 0.29) is 17.6 Å². The predicted molar refractivity (Wildman–Crippen MR) is 96.6 cm³/mol. The molecule has 24 heavy (non-hydrogen) atoms.